The topological polar surface area (TPSA) is 38.3 Å². The Kier molecular flexibility index (Phi) is 7.01. The highest BCUT2D eigenvalue weighted by Crippen LogP contribution is 2.22. The summed E-state index contributed by atoms with van der Waals surface area (Å²) in [6, 6.07) is 18.1. The molecule has 3 nitrogen and oxygen atoms in total. The first kappa shape index (κ1) is 17.4. The van der Waals surface area contributed by atoms with Crippen LogP contribution in [-0.4, -0.2) is 24.8 Å². The Morgan fingerprint density at radius 3 is 2.70 bits per heavy atom. The van der Waals surface area contributed by atoms with Gasteiger partial charge in [0.2, 0.25) is 5.91 Å². The van der Waals surface area contributed by atoms with Crippen molar-refractivity contribution in [3.8, 4) is 5.75 Å². The molecule has 1 amide bonds. The van der Waals surface area contributed by atoms with Crippen molar-refractivity contribution in [1.29, 1.82) is 0 Å². The van der Waals surface area contributed by atoms with Crippen LogP contribution in [-0.2, 0) is 11.2 Å². The molecule has 23 heavy (non-hydrogen) atoms. The van der Waals surface area contributed by atoms with E-state index in [1.54, 1.807) is 18.9 Å². The van der Waals surface area contributed by atoms with E-state index in [0.29, 0.717) is 6.54 Å². The molecule has 0 aliphatic heterocycles. The molecule has 0 aliphatic rings. The Bertz CT molecular complexity index is 616. The van der Waals surface area contributed by atoms with Crippen molar-refractivity contribution in [3.63, 3.8) is 0 Å². The number of amides is 1. The summed E-state index contributed by atoms with van der Waals surface area (Å²) < 4.78 is 5.21. The monoisotopic (exact) mass is 329 g/mol. The van der Waals surface area contributed by atoms with Gasteiger partial charge in [0, 0.05) is 11.4 Å². The number of aryl methyl sites for hydroxylation is 1. The van der Waals surface area contributed by atoms with Crippen molar-refractivity contribution < 1.29 is 9.53 Å². The third-order valence-electron chi connectivity index (χ3n) is 3.50. The molecule has 0 radical (unpaired) electrons. The van der Waals surface area contributed by atoms with Crippen LogP contribution >= 0.6 is 11.8 Å². The standard InChI is InChI=1S/C19H23NO2S/c1-15(23-18-11-4-3-5-12-18)19(21)20-13-7-9-16-8-6-10-17(14-16)22-2/h3-6,8,10-12,14-15H,7,9,13H2,1-2H3,(H,20,21)/t15-/m1/s1. The first-order valence-electron chi connectivity index (χ1n) is 7.81. The van der Waals surface area contributed by atoms with Crippen molar-refractivity contribution in [2.45, 2.75) is 29.9 Å². The highest BCUT2D eigenvalue weighted by molar-refractivity contribution is 8.00. The first-order valence-corrected chi connectivity index (χ1v) is 8.69. The van der Waals surface area contributed by atoms with E-state index in [9.17, 15) is 4.79 Å². The molecule has 2 aromatic carbocycles. The van der Waals surface area contributed by atoms with Gasteiger partial charge in [0.05, 0.1) is 12.4 Å². The highest BCUT2D eigenvalue weighted by atomic mass is 32.2. The Hall–Kier alpha value is -1.94. The molecular formula is C19H23NO2S. The molecule has 0 aliphatic carbocycles. The fourth-order valence-corrected chi connectivity index (χ4v) is 3.15. The van der Waals surface area contributed by atoms with Gasteiger partial charge in [0.25, 0.3) is 0 Å². The van der Waals surface area contributed by atoms with Crippen LogP contribution in [0, 0.1) is 0 Å². The number of ether oxygens (including phenoxy) is 1. The molecule has 0 spiro atoms. The van der Waals surface area contributed by atoms with E-state index in [2.05, 4.69) is 11.4 Å². The van der Waals surface area contributed by atoms with Crippen LogP contribution in [0.15, 0.2) is 59.5 Å². The Morgan fingerprint density at radius 2 is 1.96 bits per heavy atom. The van der Waals surface area contributed by atoms with E-state index in [4.69, 9.17) is 4.74 Å². The van der Waals surface area contributed by atoms with Crippen molar-refractivity contribution in [2.24, 2.45) is 0 Å². The average Bonchev–Trinajstić information content (AvgIpc) is 2.59. The second-order valence-corrected chi connectivity index (χ2v) is 6.73. The number of methoxy groups -OCH3 is 1. The number of nitrogens with one attached hydrogen (secondary N) is 1. The van der Waals surface area contributed by atoms with Crippen molar-refractivity contribution in [2.75, 3.05) is 13.7 Å². The third kappa shape index (κ3) is 5.99. The van der Waals surface area contributed by atoms with E-state index < -0.39 is 0 Å². The Balaban J connectivity index is 1.69. The maximum Gasteiger partial charge on any atom is 0.233 e. The van der Waals surface area contributed by atoms with E-state index in [-0.39, 0.29) is 11.2 Å². The average molecular weight is 329 g/mol. The van der Waals surface area contributed by atoms with Crippen LogP contribution in [0.2, 0.25) is 0 Å². The molecule has 1 N–H and O–H groups in total. The fraction of sp³-hybridized carbons (Fsp3) is 0.316. The summed E-state index contributed by atoms with van der Waals surface area (Å²) in [5, 5.41) is 2.92. The van der Waals surface area contributed by atoms with Crippen LogP contribution in [0.4, 0.5) is 0 Å². The largest absolute Gasteiger partial charge is 0.497 e. The van der Waals surface area contributed by atoms with Gasteiger partial charge in [-0.05, 0) is 49.6 Å². The minimum Gasteiger partial charge on any atom is -0.497 e. The number of hydrogen-bond donors (Lipinski definition) is 1. The lowest BCUT2D eigenvalue weighted by atomic mass is 10.1. The van der Waals surface area contributed by atoms with E-state index in [1.807, 2.05) is 55.5 Å². The maximum atomic E-state index is 12.1. The molecule has 4 heteroatoms. The molecule has 2 aromatic rings. The van der Waals surface area contributed by atoms with Gasteiger partial charge in [0.15, 0.2) is 0 Å². The third-order valence-corrected chi connectivity index (χ3v) is 4.61. The molecule has 0 bridgehead atoms. The van der Waals surface area contributed by atoms with Gasteiger partial charge < -0.3 is 10.1 Å². The lowest BCUT2D eigenvalue weighted by molar-refractivity contribution is -0.120. The van der Waals surface area contributed by atoms with Gasteiger partial charge in [-0.3, -0.25) is 4.79 Å². The van der Waals surface area contributed by atoms with Gasteiger partial charge in [-0.2, -0.15) is 0 Å². The number of benzene rings is 2. The van der Waals surface area contributed by atoms with Crippen molar-refractivity contribution in [3.05, 3.63) is 60.2 Å². The summed E-state index contributed by atoms with van der Waals surface area (Å²) in [7, 11) is 1.67. The summed E-state index contributed by atoms with van der Waals surface area (Å²) in [5.41, 5.74) is 1.23. The van der Waals surface area contributed by atoms with E-state index >= 15 is 0 Å². The van der Waals surface area contributed by atoms with Crippen LogP contribution < -0.4 is 10.1 Å². The summed E-state index contributed by atoms with van der Waals surface area (Å²) in [6.45, 7) is 2.63. The lowest BCUT2D eigenvalue weighted by Crippen LogP contribution is -2.31. The zero-order valence-corrected chi connectivity index (χ0v) is 14.4. The fourth-order valence-electron chi connectivity index (χ4n) is 2.23. The van der Waals surface area contributed by atoms with Gasteiger partial charge in [-0.1, -0.05) is 30.3 Å². The molecule has 0 aromatic heterocycles. The van der Waals surface area contributed by atoms with Crippen LogP contribution in [0.5, 0.6) is 5.75 Å². The smallest absolute Gasteiger partial charge is 0.233 e. The number of carbonyl (C=O) groups is 1. The predicted octanol–water partition coefficient (Wildman–Crippen LogP) is 3.92. The van der Waals surface area contributed by atoms with Crippen LogP contribution in [0.25, 0.3) is 0 Å². The number of carbonyl (C=O) groups excluding carboxylic acids is 1. The number of hydrogen-bond acceptors (Lipinski definition) is 3. The Labute approximate surface area is 142 Å². The summed E-state index contributed by atoms with van der Waals surface area (Å²) in [6.07, 6.45) is 1.85. The van der Waals surface area contributed by atoms with Gasteiger partial charge in [-0.15, -0.1) is 11.8 Å². The molecule has 0 fully saturated rings. The van der Waals surface area contributed by atoms with Crippen molar-refractivity contribution in [1.82, 2.24) is 5.32 Å². The molecule has 0 heterocycles. The lowest BCUT2D eigenvalue weighted by Gasteiger charge is -2.12. The van der Waals surface area contributed by atoms with E-state index in [1.165, 1.54) is 5.56 Å². The van der Waals surface area contributed by atoms with Crippen LogP contribution in [0.1, 0.15) is 18.9 Å². The van der Waals surface area contributed by atoms with Crippen molar-refractivity contribution >= 4 is 17.7 Å². The molecule has 0 unspecified atom stereocenters. The second kappa shape index (κ2) is 9.26. The number of thioether (sulfide) groups is 1. The van der Waals surface area contributed by atoms with Gasteiger partial charge in [-0.25, -0.2) is 0 Å². The second-order valence-electron chi connectivity index (χ2n) is 5.32. The van der Waals surface area contributed by atoms with Gasteiger partial charge in [0.1, 0.15) is 5.75 Å². The maximum absolute atomic E-state index is 12.1. The molecule has 0 saturated heterocycles. The summed E-state index contributed by atoms with van der Waals surface area (Å²) >= 11 is 1.58. The quantitative estimate of drug-likeness (QED) is 0.589. The minimum absolute atomic E-state index is 0.0875. The summed E-state index contributed by atoms with van der Waals surface area (Å²) in [4.78, 5) is 13.2. The van der Waals surface area contributed by atoms with Gasteiger partial charge >= 0.3 is 0 Å². The zero-order valence-electron chi connectivity index (χ0n) is 13.6. The Morgan fingerprint density at radius 1 is 1.17 bits per heavy atom. The molecular weight excluding hydrogens is 306 g/mol. The molecule has 122 valence electrons. The first-order chi connectivity index (χ1) is 11.2. The molecule has 2 rings (SSSR count). The van der Waals surface area contributed by atoms with E-state index in [0.717, 1.165) is 23.5 Å². The highest BCUT2D eigenvalue weighted by Gasteiger charge is 2.13. The summed E-state index contributed by atoms with van der Waals surface area (Å²) in [5.74, 6) is 0.962. The SMILES string of the molecule is COc1cccc(CCCNC(=O)[C@@H](C)Sc2ccccc2)c1. The predicted molar refractivity (Wildman–Crippen MR) is 96.1 cm³/mol. The zero-order chi connectivity index (χ0) is 16.5. The molecule has 1 atom stereocenters. The number of rotatable bonds is 8. The molecule has 0 saturated carbocycles. The minimum atomic E-state index is -0.0887. The normalized spacial score (nSPS) is 11.7. The van der Waals surface area contributed by atoms with Crippen LogP contribution in [0.3, 0.4) is 0 Å².